The van der Waals surface area contributed by atoms with Gasteiger partial charge in [-0.15, -0.1) is 18.3 Å². The van der Waals surface area contributed by atoms with Crippen LogP contribution < -0.4 is 20.8 Å². The molecule has 9 nitrogen and oxygen atoms in total. The number of nitrogens with one attached hydrogen (secondary N) is 3. The minimum atomic E-state index is -4.75. The number of alkyl halides is 3. The molecule has 4 aromatic rings. The van der Waals surface area contributed by atoms with E-state index in [0.29, 0.717) is 17.2 Å². The molecule has 0 aliphatic rings. The number of anilines is 2. The average Bonchev–Trinajstić information content (AvgIpc) is 3.35. The highest BCUT2D eigenvalue weighted by molar-refractivity contribution is 7.80. The minimum absolute atomic E-state index is 0.150. The molecule has 0 saturated carbocycles. The normalized spacial score (nSPS) is 11.3. The van der Waals surface area contributed by atoms with E-state index in [4.69, 9.17) is 12.2 Å². The molecule has 0 spiro atoms. The van der Waals surface area contributed by atoms with Gasteiger partial charge in [0.15, 0.2) is 10.9 Å². The molecule has 0 unspecified atom stereocenters. The van der Waals surface area contributed by atoms with E-state index >= 15 is 0 Å². The number of amides is 1. The van der Waals surface area contributed by atoms with Crippen molar-refractivity contribution in [1.29, 1.82) is 0 Å². The molecule has 0 aliphatic carbocycles. The summed E-state index contributed by atoms with van der Waals surface area (Å²) in [6.45, 7) is 1.44. The number of ether oxygens (including phenoxy) is 1. The zero-order valence-corrected chi connectivity index (χ0v) is 20.5. The molecule has 3 aromatic carbocycles. The number of thiocarbonyl (C=S) groups is 1. The summed E-state index contributed by atoms with van der Waals surface area (Å²) in [6.07, 6.45) is -1.69. The molecule has 1 amide bonds. The van der Waals surface area contributed by atoms with Crippen LogP contribution in [-0.2, 0) is 4.79 Å². The Hall–Kier alpha value is -4.78. The van der Waals surface area contributed by atoms with Crippen molar-refractivity contribution in [3.8, 4) is 22.8 Å². The lowest BCUT2D eigenvalue weighted by atomic mass is 10.1. The van der Waals surface area contributed by atoms with E-state index in [9.17, 15) is 18.0 Å². The van der Waals surface area contributed by atoms with Gasteiger partial charge in [0.25, 0.3) is 0 Å². The van der Waals surface area contributed by atoms with Gasteiger partial charge in [0.1, 0.15) is 12.1 Å². The van der Waals surface area contributed by atoms with Crippen LogP contribution in [0.5, 0.6) is 5.75 Å². The Balaban J connectivity index is 1.30. The molecule has 0 saturated heterocycles. The summed E-state index contributed by atoms with van der Waals surface area (Å²) < 4.78 is 42.3. The number of benzene rings is 3. The third-order valence-electron chi connectivity index (χ3n) is 4.84. The molecule has 4 rings (SSSR count). The second-order valence-corrected chi connectivity index (χ2v) is 8.17. The standard InChI is InChI=1S/C25H20F3N7O2S/c1-16(36)31-19-6-8-20(9-7-19)32-24(38)33-30-14-17-2-4-18(5-3-17)23-29-15-35(34-23)21-10-12-22(13-11-21)37-25(26,27)28/h2-15H,1H3,(H,31,36)(H2,32,33,38)/b30-14+. The van der Waals surface area contributed by atoms with Crippen molar-refractivity contribution in [3.05, 3.63) is 84.7 Å². The first kappa shape index (κ1) is 26.3. The quantitative estimate of drug-likeness (QED) is 0.170. The van der Waals surface area contributed by atoms with Crippen molar-refractivity contribution in [1.82, 2.24) is 20.2 Å². The van der Waals surface area contributed by atoms with E-state index in [1.807, 2.05) is 24.3 Å². The van der Waals surface area contributed by atoms with Crippen LogP contribution in [-0.4, -0.2) is 38.4 Å². The second-order valence-electron chi connectivity index (χ2n) is 7.76. The molecular weight excluding hydrogens is 519 g/mol. The van der Waals surface area contributed by atoms with Crippen LogP contribution in [0.15, 0.2) is 84.2 Å². The number of hydrogen-bond acceptors (Lipinski definition) is 6. The largest absolute Gasteiger partial charge is 0.573 e. The molecule has 194 valence electrons. The highest BCUT2D eigenvalue weighted by Crippen LogP contribution is 2.24. The van der Waals surface area contributed by atoms with Crippen molar-refractivity contribution in [2.75, 3.05) is 10.6 Å². The average molecular weight is 540 g/mol. The molecule has 0 atom stereocenters. The van der Waals surface area contributed by atoms with Gasteiger partial charge in [-0.1, -0.05) is 24.3 Å². The predicted octanol–water partition coefficient (Wildman–Crippen LogP) is 5.11. The maximum absolute atomic E-state index is 12.3. The molecule has 38 heavy (non-hydrogen) atoms. The van der Waals surface area contributed by atoms with Gasteiger partial charge >= 0.3 is 6.36 Å². The van der Waals surface area contributed by atoms with Gasteiger partial charge < -0.3 is 15.4 Å². The third-order valence-corrected chi connectivity index (χ3v) is 5.03. The molecule has 1 aromatic heterocycles. The fourth-order valence-electron chi connectivity index (χ4n) is 3.20. The maximum Gasteiger partial charge on any atom is 0.573 e. The van der Waals surface area contributed by atoms with Crippen LogP contribution in [0.4, 0.5) is 24.5 Å². The predicted molar refractivity (Wildman–Crippen MR) is 141 cm³/mol. The topological polar surface area (TPSA) is 105 Å². The molecule has 0 fully saturated rings. The Kier molecular flexibility index (Phi) is 7.97. The van der Waals surface area contributed by atoms with Crippen LogP contribution in [0.2, 0.25) is 0 Å². The number of rotatable bonds is 7. The van der Waals surface area contributed by atoms with Crippen molar-refractivity contribution in [2.24, 2.45) is 5.10 Å². The number of carbonyl (C=O) groups is 1. The van der Waals surface area contributed by atoms with Crippen molar-refractivity contribution in [3.63, 3.8) is 0 Å². The van der Waals surface area contributed by atoms with Gasteiger partial charge in [0, 0.05) is 23.9 Å². The number of hydrogen-bond donors (Lipinski definition) is 3. The molecule has 1 heterocycles. The van der Waals surface area contributed by atoms with Crippen molar-refractivity contribution in [2.45, 2.75) is 13.3 Å². The number of aromatic nitrogens is 3. The van der Waals surface area contributed by atoms with E-state index in [-0.39, 0.29) is 16.8 Å². The van der Waals surface area contributed by atoms with Crippen molar-refractivity contribution < 1.29 is 22.7 Å². The van der Waals surface area contributed by atoms with Crippen LogP contribution in [0.3, 0.4) is 0 Å². The molecule has 3 N–H and O–H groups in total. The Morgan fingerprint density at radius 2 is 1.61 bits per heavy atom. The molecule has 0 bridgehead atoms. The van der Waals surface area contributed by atoms with Gasteiger partial charge in [-0.25, -0.2) is 9.67 Å². The third kappa shape index (κ3) is 7.61. The summed E-state index contributed by atoms with van der Waals surface area (Å²) in [6, 6.07) is 19.6. The summed E-state index contributed by atoms with van der Waals surface area (Å²) >= 11 is 5.23. The van der Waals surface area contributed by atoms with Gasteiger partial charge in [0.05, 0.1) is 11.9 Å². The fourth-order valence-corrected chi connectivity index (χ4v) is 3.37. The van der Waals surface area contributed by atoms with Crippen molar-refractivity contribution >= 4 is 40.8 Å². The number of carbonyl (C=O) groups excluding carboxylic acids is 1. The van der Waals surface area contributed by atoms with E-state index in [0.717, 1.165) is 16.8 Å². The zero-order valence-electron chi connectivity index (χ0n) is 19.7. The van der Waals surface area contributed by atoms with E-state index in [2.05, 4.69) is 36.0 Å². The lowest BCUT2D eigenvalue weighted by Crippen LogP contribution is -2.23. The Morgan fingerprint density at radius 1 is 0.974 bits per heavy atom. The lowest BCUT2D eigenvalue weighted by molar-refractivity contribution is -0.274. The highest BCUT2D eigenvalue weighted by atomic mass is 32.1. The summed E-state index contributed by atoms with van der Waals surface area (Å²) in [5, 5.41) is 14.5. The van der Waals surface area contributed by atoms with Gasteiger partial charge in [-0.2, -0.15) is 5.10 Å². The first-order chi connectivity index (χ1) is 18.1. The number of hydrazone groups is 1. The summed E-state index contributed by atoms with van der Waals surface area (Å²) in [4.78, 5) is 15.4. The molecule has 0 radical (unpaired) electrons. The Morgan fingerprint density at radius 3 is 2.21 bits per heavy atom. The number of halogens is 3. The lowest BCUT2D eigenvalue weighted by Gasteiger charge is -2.09. The fraction of sp³-hybridized carbons (Fsp3) is 0.0800. The van der Waals surface area contributed by atoms with E-state index in [1.165, 1.54) is 42.2 Å². The summed E-state index contributed by atoms with van der Waals surface area (Å²) in [5.74, 6) is -0.0253. The van der Waals surface area contributed by atoms with Crippen LogP contribution in [0, 0.1) is 0 Å². The monoisotopic (exact) mass is 539 g/mol. The van der Waals surface area contributed by atoms with Crippen LogP contribution in [0.1, 0.15) is 12.5 Å². The van der Waals surface area contributed by atoms with Gasteiger partial charge in [-0.05, 0) is 66.3 Å². The second kappa shape index (κ2) is 11.5. The van der Waals surface area contributed by atoms with E-state index in [1.54, 1.807) is 30.5 Å². The maximum atomic E-state index is 12.3. The van der Waals surface area contributed by atoms with Crippen LogP contribution in [0.25, 0.3) is 17.1 Å². The zero-order chi connectivity index (χ0) is 27.1. The summed E-state index contributed by atoms with van der Waals surface area (Å²) in [5.41, 5.74) is 6.21. The first-order valence-corrected chi connectivity index (χ1v) is 11.4. The smallest absolute Gasteiger partial charge is 0.406 e. The SMILES string of the molecule is CC(=O)Nc1ccc(NC(=S)N/N=C/c2ccc(-c3ncn(-c4ccc(OC(F)(F)F)cc4)n3)cc2)cc1. The van der Waals surface area contributed by atoms with Gasteiger partial charge in [0.2, 0.25) is 5.91 Å². The number of nitrogens with zero attached hydrogens (tertiary/aromatic N) is 4. The molecule has 0 aliphatic heterocycles. The highest BCUT2D eigenvalue weighted by Gasteiger charge is 2.31. The Bertz CT molecular complexity index is 1440. The van der Waals surface area contributed by atoms with Gasteiger partial charge in [-0.3, -0.25) is 10.2 Å². The van der Waals surface area contributed by atoms with Crippen LogP contribution >= 0.6 is 12.2 Å². The van der Waals surface area contributed by atoms with E-state index < -0.39 is 6.36 Å². The Labute approximate surface area is 220 Å². The first-order valence-electron chi connectivity index (χ1n) is 11.0. The summed E-state index contributed by atoms with van der Waals surface area (Å²) in [7, 11) is 0. The molecule has 13 heteroatoms. The minimum Gasteiger partial charge on any atom is -0.406 e. The molecular formula is C25H20F3N7O2S.